The van der Waals surface area contributed by atoms with Gasteiger partial charge in [0, 0.05) is 35.8 Å². The lowest BCUT2D eigenvalue weighted by Crippen LogP contribution is -2.34. The van der Waals surface area contributed by atoms with Crippen molar-refractivity contribution in [2.45, 2.75) is 6.92 Å². The Morgan fingerprint density at radius 2 is 1.76 bits per heavy atom. The van der Waals surface area contributed by atoms with E-state index in [1.807, 2.05) is 18.2 Å². The number of nitro benzene ring substituents is 1. The summed E-state index contributed by atoms with van der Waals surface area (Å²) in [6, 6.07) is 13.2. The molecular formula is C19H17N5O5. The number of nitrogens with zero attached hydrogens (tertiary/aromatic N) is 3. The van der Waals surface area contributed by atoms with Crippen LogP contribution in [0.2, 0.25) is 0 Å². The van der Waals surface area contributed by atoms with Crippen LogP contribution in [0.15, 0.2) is 53.1 Å². The second-order valence-corrected chi connectivity index (χ2v) is 6.06. The van der Waals surface area contributed by atoms with E-state index < -0.39 is 16.7 Å². The Morgan fingerprint density at radius 1 is 1.07 bits per heavy atom. The van der Waals surface area contributed by atoms with Gasteiger partial charge in [0.1, 0.15) is 0 Å². The summed E-state index contributed by atoms with van der Waals surface area (Å²) in [5.41, 5.74) is 1.36. The standard InChI is InChI=1S/C19H17N5O5/c1-12-11-14(7-8-15(12)24(27)28)17(25)20-9-10-21-18(26)19-22-16(23-29-19)13-5-3-2-4-6-13/h2-8,11H,9-10H2,1H3,(H,20,25)(H,21,26). The van der Waals surface area contributed by atoms with Crippen molar-refractivity contribution in [2.75, 3.05) is 13.1 Å². The fourth-order valence-electron chi connectivity index (χ4n) is 2.55. The molecule has 0 aliphatic carbocycles. The van der Waals surface area contributed by atoms with Gasteiger partial charge in [-0.3, -0.25) is 19.7 Å². The highest BCUT2D eigenvalue weighted by Crippen LogP contribution is 2.18. The number of amides is 2. The molecule has 0 saturated carbocycles. The Morgan fingerprint density at radius 3 is 2.41 bits per heavy atom. The van der Waals surface area contributed by atoms with Gasteiger partial charge in [0.2, 0.25) is 5.82 Å². The number of nitro groups is 1. The second kappa shape index (κ2) is 8.74. The summed E-state index contributed by atoms with van der Waals surface area (Å²) >= 11 is 0. The normalized spacial score (nSPS) is 10.4. The van der Waals surface area contributed by atoms with Gasteiger partial charge in [0.05, 0.1) is 4.92 Å². The van der Waals surface area contributed by atoms with Crippen LogP contribution in [-0.4, -0.2) is 40.0 Å². The van der Waals surface area contributed by atoms with Gasteiger partial charge >= 0.3 is 11.8 Å². The van der Waals surface area contributed by atoms with Gasteiger partial charge in [0.15, 0.2) is 0 Å². The molecule has 0 unspecified atom stereocenters. The van der Waals surface area contributed by atoms with Gasteiger partial charge in [0.25, 0.3) is 11.6 Å². The molecule has 2 aromatic carbocycles. The molecule has 0 saturated heterocycles. The first-order valence-corrected chi connectivity index (χ1v) is 8.66. The van der Waals surface area contributed by atoms with Crippen molar-refractivity contribution in [1.82, 2.24) is 20.8 Å². The minimum atomic E-state index is -0.555. The summed E-state index contributed by atoms with van der Waals surface area (Å²) in [7, 11) is 0. The van der Waals surface area contributed by atoms with Crippen molar-refractivity contribution in [1.29, 1.82) is 0 Å². The summed E-state index contributed by atoms with van der Waals surface area (Å²) in [6.07, 6.45) is 0. The van der Waals surface area contributed by atoms with Crippen molar-refractivity contribution >= 4 is 17.5 Å². The minimum absolute atomic E-state index is 0.0526. The lowest BCUT2D eigenvalue weighted by Gasteiger charge is -2.06. The number of carbonyl (C=O) groups is 2. The third-order valence-corrected chi connectivity index (χ3v) is 4.00. The maximum Gasteiger partial charge on any atom is 0.316 e. The van der Waals surface area contributed by atoms with E-state index >= 15 is 0 Å². The van der Waals surface area contributed by atoms with Crippen LogP contribution in [0.25, 0.3) is 11.4 Å². The molecule has 1 aromatic heterocycles. The highest BCUT2D eigenvalue weighted by Gasteiger charge is 2.16. The SMILES string of the molecule is Cc1cc(C(=O)NCCNC(=O)c2nc(-c3ccccc3)no2)ccc1[N+](=O)[O-]. The van der Waals surface area contributed by atoms with Gasteiger partial charge in [-0.05, 0) is 19.1 Å². The van der Waals surface area contributed by atoms with E-state index in [0.717, 1.165) is 5.56 Å². The molecular weight excluding hydrogens is 378 g/mol. The van der Waals surface area contributed by atoms with E-state index in [9.17, 15) is 19.7 Å². The van der Waals surface area contributed by atoms with Crippen LogP contribution in [0, 0.1) is 17.0 Å². The maximum atomic E-state index is 12.1. The number of benzene rings is 2. The van der Waals surface area contributed by atoms with Crippen LogP contribution in [-0.2, 0) is 0 Å². The molecule has 0 aliphatic rings. The molecule has 0 spiro atoms. The van der Waals surface area contributed by atoms with Crippen LogP contribution in [0.5, 0.6) is 0 Å². The zero-order chi connectivity index (χ0) is 20.8. The predicted molar refractivity (Wildman–Crippen MR) is 102 cm³/mol. The van der Waals surface area contributed by atoms with Crippen molar-refractivity contribution in [3.63, 3.8) is 0 Å². The highest BCUT2D eigenvalue weighted by atomic mass is 16.6. The summed E-state index contributed by atoms with van der Waals surface area (Å²) in [5.74, 6) is -0.833. The fourth-order valence-corrected chi connectivity index (χ4v) is 2.55. The number of aromatic nitrogens is 2. The molecule has 3 aromatic rings. The molecule has 0 radical (unpaired) electrons. The Labute approximate surface area is 165 Å². The smallest absolute Gasteiger partial charge is 0.316 e. The van der Waals surface area contributed by atoms with Crippen molar-refractivity contribution in [3.8, 4) is 11.4 Å². The molecule has 2 amide bonds. The third-order valence-electron chi connectivity index (χ3n) is 4.00. The molecule has 148 valence electrons. The second-order valence-electron chi connectivity index (χ2n) is 6.06. The minimum Gasteiger partial charge on any atom is -0.350 e. The quantitative estimate of drug-likeness (QED) is 0.355. The molecule has 0 aliphatic heterocycles. The van der Waals surface area contributed by atoms with Crippen LogP contribution in [0.3, 0.4) is 0 Å². The van der Waals surface area contributed by atoms with Gasteiger partial charge in [-0.2, -0.15) is 4.98 Å². The Kier molecular flexibility index (Phi) is 5.93. The topological polar surface area (TPSA) is 140 Å². The summed E-state index contributed by atoms with van der Waals surface area (Å²) in [4.78, 5) is 38.5. The van der Waals surface area contributed by atoms with Crippen molar-refractivity contribution in [3.05, 3.63) is 75.7 Å². The van der Waals surface area contributed by atoms with Crippen molar-refractivity contribution in [2.24, 2.45) is 0 Å². The van der Waals surface area contributed by atoms with Gasteiger partial charge in [-0.15, -0.1) is 0 Å². The maximum absolute atomic E-state index is 12.1. The van der Waals surface area contributed by atoms with E-state index in [2.05, 4.69) is 20.8 Å². The van der Waals surface area contributed by atoms with E-state index in [4.69, 9.17) is 4.52 Å². The van der Waals surface area contributed by atoms with E-state index in [-0.39, 0.29) is 24.7 Å². The largest absolute Gasteiger partial charge is 0.350 e. The summed E-state index contributed by atoms with van der Waals surface area (Å²) in [6.45, 7) is 1.85. The molecule has 0 atom stereocenters. The van der Waals surface area contributed by atoms with Crippen LogP contribution < -0.4 is 10.6 Å². The van der Waals surface area contributed by atoms with Crippen LogP contribution >= 0.6 is 0 Å². The summed E-state index contributed by atoms with van der Waals surface area (Å²) < 4.78 is 4.96. The number of hydrogen-bond acceptors (Lipinski definition) is 7. The predicted octanol–water partition coefficient (Wildman–Crippen LogP) is 2.11. The zero-order valence-electron chi connectivity index (χ0n) is 15.4. The average molecular weight is 395 g/mol. The van der Waals surface area contributed by atoms with Gasteiger partial charge in [-0.1, -0.05) is 35.5 Å². The van der Waals surface area contributed by atoms with Gasteiger partial charge in [-0.25, -0.2) is 0 Å². The number of nitrogens with one attached hydrogen (secondary N) is 2. The Bertz CT molecular complexity index is 1050. The fraction of sp³-hybridized carbons (Fsp3) is 0.158. The molecule has 0 bridgehead atoms. The lowest BCUT2D eigenvalue weighted by molar-refractivity contribution is -0.385. The number of aryl methyl sites for hydroxylation is 1. The monoisotopic (exact) mass is 395 g/mol. The Balaban J connectivity index is 1.48. The molecule has 10 heteroatoms. The first kappa shape index (κ1) is 19.7. The van der Waals surface area contributed by atoms with E-state index in [1.54, 1.807) is 19.1 Å². The van der Waals surface area contributed by atoms with Crippen molar-refractivity contribution < 1.29 is 19.0 Å². The molecule has 10 nitrogen and oxygen atoms in total. The Hall–Kier alpha value is -4.08. The molecule has 1 heterocycles. The summed E-state index contributed by atoms with van der Waals surface area (Å²) in [5, 5.41) is 19.8. The third kappa shape index (κ3) is 4.80. The first-order chi connectivity index (χ1) is 14.0. The molecule has 2 N–H and O–H groups in total. The number of hydrogen-bond donors (Lipinski definition) is 2. The van der Waals surface area contributed by atoms with E-state index in [0.29, 0.717) is 17.0 Å². The zero-order valence-corrected chi connectivity index (χ0v) is 15.4. The molecule has 0 fully saturated rings. The lowest BCUT2D eigenvalue weighted by atomic mass is 10.1. The molecule has 3 rings (SSSR count). The van der Waals surface area contributed by atoms with Crippen LogP contribution in [0.4, 0.5) is 5.69 Å². The number of rotatable bonds is 7. The highest BCUT2D eigenvalue weighted by molar-refractivity contribution is 5.94. The van der Waals surface area contributed by atoms with Gasteiger partial charge < -0.3 is 15.2 Å². The number of carbonyl (C=O) groups excluding carboxylic acids is 2. The van der Waals surface area contributed by atoms with Crippen LogP contribution in [0.1, 0.15) is 26.6 Å². The van der Waals surface area contributed by atoms with E-state index in [1.165, 1.54) is 18.2 Å². The average Bonchev–Trinajstić information content (AvgIpc) is 3.21. The first-order valence-electron chi connectivity index (χ1n) is 8.66. The molecule has 29 heavy (non-hydrogen) atoms.